The number of hydrogen-bond acceptors (Lipinski definition) is 2. The van der Waals surface area contributed by atoms with E-state index in [1.54, 1.807) is 6.20 Å². The lowest BCUT2D eigenvalue weighted by Crippen LogP contribution is -2.03. The van der Waals surface area contributed by atoms with Gasteiger partial charge in [-0.2, -0.15) is 0 Å². The summed E-state index contributed by atoms with van der Waals surface area (Å²) in [4.78, 5) is 4.12. The second-order valence-electron chi connectivity index (χ2n) is 2.39. The molecule has 12 heavy (non-hydrogen) atoms. The maximum atomic E-state index is 10.0. The van der Waals surface area contributed by atoms with E-state index in [4.69, 9.17) is 4.74 Å². The molecule has 1 heterocycles. The van der Waals surface area contributed by atoms with Crippen LogP contribution in [0.15, 0.2) is 24.4 Å². The van der Waals surface area contributed by atoms with Crippen molar-refractivity contribution in [3.8, 4) is 0 Å². The van der Waals surface area contributed by atoms with Crippen molar-refractivity contribution in [2.45, 2.75) is 6.42 Å². The lowest BCUT2D eigenvalue weighted by molar-refractivity contribution is 0.0651. The van der Waals surface area contributed by atoms with E-state index in [2.05, 4.69) is 4.98 Å². The number of ether oxygens (including phenoxy) is 1. The van der Waals surface area contributed by atoms with Gasteiger partial charge in [0.05, 0.1) is 13.2 Å². The van der Waals surface area contributed by atoms with Crippen LogP contribution < -0.4 is 0 Å². The standard InChI is InChI=1S/C9H12NO2/c11-6-8-12-7-4-9-3-1-2-5-10-9/h1-3,5H,4,6-8H2. The van der Waals surface area contributed by atoms with Gasteiger partial charge in [0.15, 0.2) is 0 Å². The summed E-state index contributed by atoms with van der Waals surface area (Å²) in [5, 5.41) is 10.0. The largest absolute Gasteiger partial charge is 0.379 e. The normalized spacial score (nSPS) is 10.1. The number of rotatable bonds is 5. The molecule has 0 fully saturated rings. The predicted octanol–water partition coefficient (Wildman–Crippen LogP) is 1.07. The van der Waals surface area contributed by atoms with Crippen molar-refractivity contribution in [2.24, 2.45) is 0 Å². The highest BCUT2D eigenvalue weighted by atomic mass is 16.5. The summed E-state index contributed by atoms with van der Waals surface area (Å²) in [6, 6.07) is 5.76. The molecule has 0 atom stereocenters. The van der Waals surface area contributed by atoms with Crippen molar-refractivity contribution >= 4 is 0 Å². The van der Waals surface area contributed by atoms with Crippen LogP contribution in [0.3, 0.4) is 0 Å². The molecule has 1 rings (SSSR count). The van der Waals surface area contributed by atoms with Crippen molar-refractivity contribution in [3.05, 3.63) is 30.1 Å². The Morgan fingerprint density at radius 3 is 2.92 bits per heavy atom. The molecule has 0 aromatic carbocycles. The Kier molecular flexibility index (Phi) is 4.34. The van der Waals surface area contributed by atoms with Crippen molar-refractivity contribution < 1.29 is 9.84 Å². The number of aromatic nitrogens is 1. The topological polar surface area (TPSA) is 42.0 Å². The summed E-state index contributed by atoms with van der Waals surface area (Å²) in [7, 11) is 0. The zero-order chi connectivity index (χ0) is 8.65. The van der Waals surface area contributed by atoms with Crippen LogP contribution in [0.5, 0.6) is 0 Å². The van der Waals surface area contributed by atoms with Gasteiger partial charge in [0.2, 0.25) is 0 Å². The van der Waals surface area contributed by atoms with Crippen LogP contribution in [-0.2, 0) is 16.3 Å². The molecule has 0 saturated heterocycles. The van der Waals surface area contributed by atoms with Crippen LogP contribution in [0, 0.1) is 0 Å². The molecule has 0 spiro atoms. The minimum Gasteiger partial charge on any atom is -0.379 e. The fourth-order valence-corrected chi connectivity index (χ4v) is 0.884. The van der Waals surface area contributed by atoms with Gasteiger partial charge in [-0.15, -0.1) is 0 Å². The van der Waals surface area contributed by atoms with E-state index in [0.717, 1.165) is 12.1 Å². The molecule has 0 aliphatic rings. The van der Waals surface area contributed by atoms with Crippen molar-refractivity contribution in [2.75, 3.05) is 19.8 Å². The quantitative estimate of drug-likeness (QED) is 0.614. The van der Waals surface area contributed by atoms with Crippen LogP contribution in [0.4, 0.5) is 0 Å². The molecule has 1 radical (unpaired) electrons. The Balaban J connectivity index is 2.16. The first-order chi connectivity index (χ1) is 5.93. The molecule has 3 heteroatoms. The lowest BCUT2D eigenvalue weighted by atomic mass is 10.3. The highest BCUT2D eigenvalue weighted by Crippen LogP contribution is 1.94. The van der Waals surface area contributed by atoms with Gasteiger partial charge in [-0.1, -0.05) is 6.07 Å². The van der Waals surface area contributed by atoms with Crippen LogP contribution in [0.1, 0.15) is 5.69 Å². The van der Waals surface area contributed by atoms with E-state index < -0.39 is 0 Å². The van der Waals surface area contributed by atoms with Crippen LogP contribution in [0.2, 0.25) is 0 Å². The maximum absolute atomic E-state index is 10.0. The van der Waals surface area contributed by atoms with Gasteiger partial charge < -0.3 is 4.74 Å². The third kappa shape index (κ3) is 3.46. The minimum absolute atomic E-state index is 0.164. The zero-order valence-corrected chi connectivity index (χ0v) is 6.90. The van der Waals surface area contributed by atoms with Gasteiger partial charge in [-0.25, -0.2) is 5.11 Å². The third-order valence-corrected chi connectivity index (χ3v) is 1.46. The summed E-state index contributed by atoms with van der Waals surface area (Å²) >= 11 is 0. The predicted molar refractivity (Wildman–Crippen MR) is 44.3 cm³/mol. The Bertz CT molecular complexity index is 201. The Hall–Kier alpha value is -0.930. The van der Waals surface area contributed by atoms with E-state index in [-0.39, 0.29) is 6.61 Å². The van der Waals surface area contributed by atoms with Crippen LogP contribution in [0.25, 0.3) is 0 Å². The summed E-state index contributed by atoms with van der Waals surface area (Å²) in [6.45, 7) is 0.717. The minimum atomic E-state index is -0.164. The average Bonchev–Trinajstić information content (AvgIpc) is 2.14. The van der Waals surface area contributed by atoms with E-state index in [0.29, 0.717) is 13.2 Å². The summed E-state index contributed by atoms with van der Waals surface area (Å²) in [5.41, 5.74) is 1.00. The highest BCUT2D eigenvalue weighted by Gasteiger charge is 1.92. The van der Waals surface area contributed by atoms with Crippen LogP contribution >= 0.6 is 0 Å². The molecule has 1 aromatic rings. The molecular formula is C9H12NO2. The summed E-state index contributed by atoms with van der Waals surface area (Å²) in [5.74, 6) is 0. The zero-order valence-electron chi connectivity index (χ0n) is 6.90. The molecule has 65 valence electrons. The van der Waals surface area contributed by atoms with Crippen LogP contribution in [-0.4, -0.2) is 24.8 Å². The first-order valence-electron chi connectivity index (χ1n) is 3.99. The van der Waals surface area contributed by atoms with E-state index in [9.17, 15) is 5.11 Å². The number of pyridine rings is 1. The SMILES string of the molecule is [O]CCOCCc1ccccn1. The van der Waals surface area contributed by atoms with Crippen molar-refractivity contribution in [1.29, 1.82) is 0 Å². The van der Waals surface area contributed by atoms with E-state index >= 15 is 0 Å². The molecule has 0 aliphatic carbocycles. The molecule has 0 amide bonds. The number of nitrogens with zero attached hydrogens (tertiary/aromatic N) is 1. The van der Waals surface area contributed by atoms with Crippen molar-refractivity contribution in [3.63, 3.8) is 0 Å². The molecule has 0 N–H and O–H groups in total. The number of hydrogen-bond donors (Lipinski definition) is 0. The maximum Gasteiger partial charge on any atom is 0.106 e. The van der Waals surface area contributed by atoms with Gasteiger partial charge in [0.25, 0.3) is 0 Å². The summed E-state index contributed by atoms with van der Waals surface area (Å²) < 4.78 is 5.03. The van der Waals surface area contributed by atoms with Gasteiger partial charge in [0, 0.05) is 18.3 Å². The average molecular weight is 166 g/mol. The fraction of sp³-hybridized carbons (Fsp3) is 0.444. The summed E-state index contributed by atoms with van der Waals surface area (Å²) in [6.07, 6.45) is 2.53. The second-order valence-corrected chi connectivity index (χ2v) is 2.39. The third-order valence-electron chi connectivity index (χ3n) is 1.46. The first-order valence-corrected chi connectivity index (χ1v) is 3.99. The molecule has 3 nitrogen and oxygen atoms in total. The smallest absolute Gasteiger partial charge is 0.106 e. The molecule has 0 unspecified atom stereocenters. The molecule has 0 saturated carbocycles. The Labute approximate surface area is 72.0 Å². The van der Waals surface area contributed by atoms with Gasteiger partial charge in [-0.05, 0) is 12.1 Å². The van der Waals surface area contributed by atoms with E-state index in [1.165, 1.54) is 0 Å². The molecule has 0 aliphatic heterocycles. The van der Waals surface area contributed by atoms with Gasteiger partial charge in [0.1, 0.15) is 6.61 Å². The highest BCUT2D eigenvalue weighted by molar-refractivity contribution is 5.03. The lowest BCUT2D eigenvalue weighted by Gasteiger charge is -2.00. The fourth-order valence-electron chi connectivity index (χ4n) is 0.884. The Morgan fingerprint density at radius 2 is 2.25 bits per heavy atom. The first kappa shape index (κ1) is 9.16. The van der Waals surface area contributed by atoms with Crippen molar-refractivity contribution in [1.82, 2.24) is 4.98 Å². The molecular weight excluding hydrogens is 154 g/mol. The Morgan fingerprint density at radius 1 is 1.33 bits per heavy atom. The van der Waals surface area contributed by atoms with Gasteiger partial charge in [-0.3, -0.25) is 4.98 Å². The van der Waals surface area contributed by atoms with Gasteiger partial charge >= 0.3 is 0 Å². The molecule has 1 aromatic heterocycles. The monoisotopic (exact) mass is 166 g/mol. The second kappa shape index (κ2) is 5.69. The molecule has 0 bridgehead atoms. The van der Waals surface area contributed by atoms with E-state index in [1.807, 2.05) is 18.2 Å².